The van der Waals surface area contributed by atoms with E-state index in [0.29, 0.717) is 11.3 Å². The second-order valence-electron chi connectivity index (χ2n) is 6.12. The lowest BCUT2D eigenvalue weighted by Crippen LogP contribution is -2.34. The average Bonchev–Trinajstić information content (AvgIpc) is 2.67. The van der Waals surface area contributed by atoms with Crippen molar-refractivity contribution in [3.63, 3.8) is 0 Å². The summed E-state index contributed by atoms with van der Waals surface area (Å²) in [5.41, 5.74) is 0.877. The summed E-state index contributed by atoms with van der Waals surface area (Å²) >= 11 is 0. The third-order valence-electron chi connectivity index (χ3n) is 4.13. The fraction of sp³-hybridized carbons (Fsp3) is 0.136. The van der Waals surface area contributed by atoms with Gasteiger partial charge in [-0.1, -0.05) is 54.6 Å². The molecule has 0 spiro atoms. The van der Waals surface area contributed by atoms with Gasteiger partial charge in [-0.2, -0.15) is 0 Å². The number of nitrogens with one attached hydrogen (secondary N) is 1. The van der Waals surface area contributed by atoms with Gasteiger partial charge in [-0.3, -0.25) is 4.79 Å². The highest BCUT2D eigenvalue weighted by Crippen LogP contribution is 2.24. The SMILES string of the molecule is CC(NC(=O)C(Oc1ccccc1)c1ccccc1)c1ccc(F)cc1F. The highest BCUT2D eigenvalue weighted by atomic mass is 19.1. The number of halogens is 2. The topological polar surface area (TPSA) is 38.3 Å². The predicted octanol–water partition coefficient (Wildman–Crippen LogP) is 4.96. The molecule has 5 heteroatoms. The van der Waals surface area contributed by atoms with Gasteiger partial charge in [0, 0.05) is 17.2 Å². The molecule has 0 aliphatic carbocycles. The lowest BCUT2D eigenvalue weighted by atomic mass is 10.1. The summed E-state index contributed by atoms with van der Waals surface area (Å²) in [7, 11) is 0. The molecule has 3 aromatic carbocycles. The number of benzene rings is 3. The average molecular weight is 367 g/mol. The standard InChI is InChI=1S/C22H19F2NO2/c1-15(19-13-12-17(23)14-20(19)24)25-22(26)21(16-8-4-2-5-9-16)27-18-10-6-3-7-11-18/h2-15,21H,1H3,(H,25,26). The maximum absolute atomic E-state index is 14.0. The minimum absolute atomic E-state index is 0.205. The van der Waals surface area contributed by atoms with Gasteiger partial charge in [-0.15, -0.1) is 0 Å². The summed E-state index contributed by atoms with van der Waals surface area (Å²) in [6, 6.07) is 20.7. The molecule has 27 heavy (non-hydrogen) atoms. The molecule has 0 aliphatic rings. The van der Waals surface area contributed by atoms with Gasteiger partial charge >= 0.3 is 0 Å². The van der Waals surface area contributed by atoms with E-state index in [1.807, 2.05) is 36.4 Å². The number of amides is 1. The first-order valence-electron chi connectivity index (χ1n) is 8.56. The summed E-state index contributed by atoms with van der Waals surface area (Å²) in [5, 5.41) is 2.75. The Morgan fingerprint density at radius 1 is 0.926 bits per heavy atom. The molecule has 138 valence electrons. The van der Waals surface area contributed by atoms with Crippen LogP contribution in [0.2, 0.25) is 0 Å². The van der Waals surface area contributed by atoms with Crippen LogP contribution in [0, 0.1) is 11.6 Å². The van der Waals surface area contributed by atoms with Crippen LogP contribution in [0.4, 0.5) is 8.78 Å². The van der Waals surface area contributed by atoms with Crippen LogP contribution >= 0.6 is 0 Å². The lowest BCUT2D eigenvalue weighted by molar-refractivity contribution is -0.129. The number of ether oxygens (including phenoxy) is 1. The van der Waals surface area contributed by atoms with E-state index in [4.69, 9.17) is 4.74 Å². The van der Waals surface area contributed by atoms with Gasteiger partial charge in [-0.25, -0.2) is 8.78 Å². The summed E-state index contributed by atoms with van der Waals surface area (Å²) in [6.07, 6.45) is -0.903. The summed E-state index contributed by atoms with van der Waals surface area (Å²) < 4.78 is 33.0. The van der Waals surface area contributed by atoms with Gasteiger partial charge in [0.05, 0.1) is 6.04 Å². The predicted molar refractivity (Wildman–Crippen MR) is 99.2 cm³/mol. The first-order chi connectivity index (χ1) is 13.0. The largest absolute Gasteiger partial charge is 0.476 e. The van der Waals surface area contributed by atoms with Crippen LogP contribution in [-0.2, 0) is 4.79 Å². The molecule has 0 radical (unpaired) electrons. The lowest BCUT2D eigenvalue weighted by Gasteiger charge is -2.22. The molecule has 2 unspecified atom stereocenters. The molecule has 0 aromatic heterocycles. The van der Waals surface area contributed by atoms with E-state index in [-0.39, 0.29) is 5.56 Å². The zero-order chi connectivity index (χ0) is 19.2. The third-order valence-corrected chi connectivity index (χ3v) is 4.13. The monoisotopic (exact) mass is 367 g/mol. The minimum Gasteiger partial charge on any atom is -0.476 e. The number of para-hydroxylation sites is 1. The van der Waals surface area contributed by atoms with Gasteiger partial charge in [0.15, 0.2) is 0 Å². The van der Waals surface area contributed by atoms with E-state index in [1.54, 1.807) is 31.2 Å². The normalized spacial score (nSPS) is 12.9. The Morgan fingerprint density at radius 2 is 1.56 bits per heavy atom. The molecule has 0 fully saturated rings. The molecular weight excluding hydrogens is 348 g/mol. The maximum atomic E-state index is 14.0. The van der Waals surface area contributed by atoms with Gasteiger partial charge in [0.2, 0.25) is 6.10 Å². The Hall–Kier alpha value is -3.21. The molecule has 3 rings (SSSR count). The van der Waals surface area contributed by atoms with E-state index < -0.39 is 29.7 Å². The van der Waals surface area contributed by atoms with Gasteiger partial charge in [0.1, 0.15) is 17.4 Å². The molecule has 0 heterocycles. The second-order valence-corrected chi connectivity index (χ2v) is 6.12. The maximum Gasteiger partial charge on any atom is 0.266 e. The van der Waals surface area contributed by atoms with Gasteiger partial charge in [-0.05, 0) is 25.1 Å². The van der Waals surface area contributed by atoms with Crippen molar-refractivity contribution >= 4 is 5.91 Å². The molecule has 1 N–H and O–H groups in total. The molecule has 2 atom stereocenters. The molecule has 3 nitrogen and oxygen atoms in total. The van der Waals surface area contributed by atoms with Crippen molar-refractivity contribution < 1.29 is 18.3 Å². The summed E-state index contributed by atoms with van der Waals surface area (Å²) in [5.74, 6) is -1.24. The zero-order valence-corrected chi connectivity index (χ0v) is 14.7. The number of carbonyl (C=O) groups is 1. The third kappa shape index (κ3) is 4.70. The molecule has 0 aliphatic heterocycles. The minimum atomic E-state index is -0.903. The highest BCUT2D eigenvalue weighted by molar-refractivity contribution is 5.83. The number of hydrogen-bond donors (Lipinski definition) is 1. The smallest absolute Gasteiger partial charge is 0.266 e. The summed E-state index contributed by atoms with van der Waals surface area (Å²) in [4.78, 5) is 12.9. The molecule has 0 bridgehead atoms. The van der Waals surface area contributed by atoms with Crippen LogP contribution in [0.3, 0.4) is 0 Å². The van der Waals surface area contributed by atoms with Crippen molar-refractivity contribution in [3.8, 4) is 5.75 Å². The van der Waals surface area contributed by atoms with E-state index in [9.17, 15) is 13.6 Å². The van der Waals surface area contributed by atoms with Gasteiger partial charge < -0.3 is 10.1 Å². The Balaban J connectivity index is 1.82. The van der Waals surface area contributed by atoms with Crippen LogP contribution in [-0.4, -0.2) is 5.91 Å². The fourth-order valence-electron chi connectivity index (χ4n) is 2.76. The quantitative estimate of drug-likeness (QED) is 0.669. The molecule has 3 aromatic rings. The van der Waals surface area contributed by atoms with Crippen molar-refractivity contribution in [2.24, 2.45) is 0 Å². The second kappa shape index (κ2) is 8.45. The van der Waals surface area contributed by atoms with Crippen LogP contribution in [0.1, 0.15) is 30.2 Å². The van der Waals surface area contributed by atoms with E-state index in [1.165, 1.54) is 6.07 Å². The van der Waals surface area contributed by atoms with Crippen LogP contribution in [0.15, 0.2) is 78.9 Å². The Bertz CT molecular complexity index is 901. The molecule has 1 amide bonds. The van der Waals surface area contributed by atoms with Crippen molar-refractivity contribution in [2.45, 2.75) is 19.1 Å². The Kier molecular flexibility index (Phi) is 5.81. The van der Waals surface area contributed by atoms with Gasteiger partial charge in [0.25, 0.3) is 5.91 Å². The number of rotatable bonds is 6. The van der Waals surface area contributed by atoms with Crippen molar-refractivity contribution in [1.29, 1.82) is 0 Å². The van der Waals surface area contributed by atoms with Crippen LogP contribution in [0.5, 0.6) is 5.75 Å². The first-order valence-corrected chi connectivity index (χ1v) is 8.56. The molecular formula is C22H19F2NO2. The molecule has 0 saturated carbocycles. The number of carbonyl (C=O) groups excluding carboxylic acids is 1. The summed E-state index contributed by atoms with van der Waals surface area (Å²) in [6.45, 7) is 1.64. The van der Waals surface area contributed by atoms with E-state index in [0.717, 1.165) is 12.1 Å². The van der Waals surface area contributed by atoms with Crippen molar-refractivity contribution in [3.05, 3.63) is 102 Å². The van der Waals surface area contributed by atoms with Crippen LogP contribution in [0.25, 0.3) is 0 Å². The van der Waals surface area contributed by atoms with E-state index in [2.05, 4.69) is 5.32 Å². The van der Waals surface area contributed by atoms with Crippen molar-refractivity contribution in [1.82, 2.24) is 5.32 Å². The van der Waals surface area contributed by atoms with Crippen LogP contribution < -0.4 is 10.1 Å². The Labute approximate surface area is 156 Å². The molecule has 0 saturated heterocycles. The zero-order valence-electron chi connectivity index (χ0n) is 14.7. The first kappa shape index (κ1) is 18.6. The number of hydrogen-bond acceptors (Lipinski definition) is 2. The van der Waals surface area contributed by atoms with E-state index >= 15 is 0 Å². The van der Waals surface area contributed by atoms with Crippen molar-refractivity contribution in [2.75, 3.05) is 0 Å². The highest BCUT2D eigenvalue weighted by Gasteiger charge is 2.25. The Morgan fingerprint density at radius 3 is 2.19 bits per heavy atom. The fourth-order valence-corrected chi connectivity index (χ4v) is 2.76.